The fourth-order valence-electron chi connectivity index (χ4n) is 1.17. The zero-order valence-electron chi connectivity index (χ0n) is 7.87. The molecule has 72 valence electrons. The van der Waals surface area contributed by atoms with Crippen LogP contribution in [0.3, 0.4) is 0 Å². The number of halogens is 1. The molecule has 0 fully saturated rings. The van der Waals surface area contributed by atoms with E-state index in [9.17, 15) is 5.11 Å². The number of benzene rings is 1. The minimum Gasteiger partial charge on any atom is -0.387 e. The van der Waals surface area contributed by atoms with Crippen molar-refractivity contribution in [3.05, 3.63) is 33.4 Å². The summed E-state index contributed by atoms with van der Waals surface area (Å²) < 4.78 is 1.16. The minimum atomic E-state index is -0.385. The van der Waals surface area contributed by atoms with Gasteiger partial charge in [-0.3, -0.25) is 0 Å². The molecular weight excluding hydrogens is 277 g/mol. The third-order valence-electron chi connectivity index (χ3n) is 1.77. The minimum absolute atomic E-state index is 0.385. The van der Waals surface area contributed by atoms with Gasteiger partial charge in [0.2, 0.25) is 0 Å². The molecule has 0 saturated heterocycles. The van der Waals surface area contributed by atoms with Gasteiger partial charge in [-0.2, -0.15) is 0 Å². The van der Waals surface area contributed by atoms with E-state index in [1.807, 2.05) is 43.3 Å². The van der Waals surface area contributed by atoms with Gasteiger partial charge in [0.25, 0.3) is 0 Å². The largest absolute Gasteiger partial charge is 0.387 e. The SMILES string of the molecule is CN(C)CC(O)c1cccc(I)c1. The number of aliphatic hydroxyl groups is 1. The third kappa shape index (κ3) is 3.62. The van der Waals surface area contributed by atoms with E-state index >= 15 is 0 Å². The molecule has 0 heterocycles. The predicted octanol–water partition coefficient (Wildman–Crippen LogP) is 1.89. The molecule has 0 aliphatic carbocycles. The van der Waals surface area contributed by atoms with E-state index in [4.69, 9.17) is 0 Å². The summed E-state index contributed by atoms with van der Waals surface area (Å²) in [7, 11) is 3.91. The Balaban J connectivity index is 2.71. The van der Waals surface area contributed by atoms with Crippen LogP contribution in [0.1, 0.15) is 11.7 Å². The molecule has 13 heavy (non-hydrogen) atoms. The molecule has 2 nitrogen and oxygen atoms in total. The summed E-state index contributed by atoms with van der Waals surface area (Å²) in [5.74, 6) is 0. The Hall–Kier alpha value is -0.130. The van der Waals surface area contributed by atoms with Crippen molar-refractivity contribution in [2.45, 2.75) is 6.10 Å². The number of likely N-dealkylation sites (N-methyl/N-ethyl adjacent to an activating group) is 1. The molecule has 0 spiro atoms. The molecule has 1 rings (SSSR count). The van der Waals surface area contributed by atoms with Gasteiger partial charge in [0.1, 0.15) is 0 Å². The van der Waals surface area contributed by atoms with Crippen molar-refractivity contribution in [2.75, 3.05) is 20.6 Å². The highest BCUT2D eigenvalue weighted by molar-refractivity contribution is 14.1. The first-order valence-electron chi connectivity index (χ1n) is 4.18. The van der Waals surface area contributed by atoms with Crippen LogP contribution in [-0.2, 0) is 0 Å². The zero-order chi connectivity index (χ0) is 9.84. The Kier molecular flexibility index (Phi) is 4.15. The van der Waals surface area contributed by atoms with E-state index in [0.29, 0.717) is 6.54 Å². The van der Waals surface area contributed by atoms with Gasteiger partial charge in [0.15, 0.2) is 0 Å². The molecule has 0 amide bonds. The molecule has 0 radical (unpaired) electrons. The van der Waals surface area contributed by atoms with Crippen LogP contribution in [0.25, 0.3) is 0 Å². The lowest BCUT2D eigenvalue weighted by Gasteiger charge is -2.16. The zero-order valence-corrected chi connectivity index (χ0v) is 10.0. The first-order valence-corrected chi connectivity index (χ1v) is 5.25. The van der Waals surface area contributed by atoms with Gasteiger partial charge in [-0.05, 0) is 54.4 Å². The standard InChI is InChI=1S/C10H14INO/c1-12(2)7-10(13)8-4-3-5-9(11)6-8/h3-6,10,13H,7H2,1-2H3. The molecule has 0 saturated carbocycles. The summed E-state index contributed by atoms with van der Waals surface area (Å²) in [4.78, 5) is 1.98. The molecule has 1 atom stereocenters. The summed E-state index contributed by atoms with van der Waals surface area (Å²) in [5, 5.41) is 9.77. The normalized spacial score (nSPS) is 13.3. The molecule has 0 aliphatic rings. The maximum atomic E-state index is 9.77. The van der Waals surface area contributed by atoms with Crippen molar-refractivity contribution < 1.29 is 5.11 Å². The fraction of sp³-hybridized carbons (Fsp3) is 0.400. The summed E-state index contributed by atoms with van der Waals surface area (Å²) in [6, 6.07) is 7.95. The number of nitrogens with zero attached hydrogens (tertiary/aromatic N) is 1. The second kappa shape index (κ2) is 4.93. The van der Waals surface area contributed by atoms with E-state index in [1.54, 1.807) is 0 Å². The van der Waals surface area contributed by atoms with Gasteiger partial charge in [-0.1, -0.05) is 12.1 Å². The molecule has 0 aliphatic heterocycles. The lowest BCUT2D eigenvalue weighted by molar-refractivity contribution is 0.138. The lowest BCUT2D eigenvalue weighted by Crippen LogP contribution is -2.19. The predicted molar refractivity (Wildman–Crippen MR) is 62.7 cm³/mol. The Labute approximate surface area is 92.7 Å². The van der Waals surface area contributed by atoms with Crippen LogP contribution in [0.2, 0.25) is 0 Å². The van der Waals surface area contributed by atoms with E-state index in [-0.39, 0.29) is 6.10 Å². The summed E-state index contributed by atoms with van der Waals surface area (Å²) >= 11 is 2.25. The molecule has 0 aromatic heterocycles. The van der Waals surface area contributed by atoms with E-state index in [1.165, 1.54) is 0 Å². The van der Waals surface area contributed by atoms with Crippen LogP contribution in [0.4, 0.5) is 0 Å². The van der Waals surface area contributed by atoms with Crippen LogP contribution in [0.5, 0.6) is 0 Å². The average molecular weight is 291 g/mol. The fourth-order valence-corrected chi connectivity index (χ4v) is 1.73. The van der Waals surface area contributed by atoms with Crippen LogP contribution in [-0.4, -0.2) is 30.6 Å². The van der Waals surface area contributed by atoms with Crippen molar-refractivity contribution in [2.24, 2.45) is 0 Å². The first-order chi connectivity index (χ1) is 6.09. The number of hydrogen-bond donors (Lipinski definition) is 1. The number of rotatable bonds is 3. The molecule has 0 bridgehead atoms. The topological polar surface area (TPSA) is 23.5 Å². The van der Waals surface area contributed by atoms with Crippen molar-refractivity contribution >= 4 is 22.6 Å². The van der Waals surface area contributed by atoms with Crippen molar-refractivity contribution in [3.63, 3.8) is 0 Å². The molecule has 1 unspecified atom stereocenters. The van der Waals surface area contributed by atoms with Gasteiger partial charge >= 0.3 is 0 Å². The van der Waals surface area contributed by atoms with Crippen LogP contribution >= 0.6 is 22.6 Å². The van der Waals surface area contributed by atoms with Gasteiger partial charge in [-0.15, -0.1) is 0 Å². The van der Waals surface area contributed by atoms with Crippen molar-refractivity contribution in [1.82, 2.24) is 4.90 Å². The summed E-state index contributed by atoms with van der Waals surface area (Å²) in [5.41, 5.74) is 0.987. The summed E-state index contributed by atoms with van der Waals surface area (Å²) in [6.45, 7) is 0.667. The maximum absolute atomic E-state index is 9.77. The third-order valence-corrected chi connectivity index (χ3v) is 2.44. The van der Waals surface area contributed by atoms with Crippen molar-refractivity contribution in [3.8, 4) is 0 Å². The average Bonchev–Trinajstić information content (AvgIpc) is 2.03. The Morgan fingerprint density at radius 1 is 1.46 bits per heavy atom. The second-order valence-electron chi connectivity index (χ2n) is 3.33. The van der Waals surface area contributed by atoms with E-state index in [2.05, 4.69) is 22.6 Å². The smallest absolute Gasteiger partial charge is 0.0917 e. The Morgan fingerprint density at radius 3 is 2.69 bits per heavy atom. The van der Waals surface area contributed by atoms with E-state index in [0.717, 1.165) is 9.13 Å². The van der Waals surface area contributed by atoms with Gasteiger partial charge in [0.05, 0.1) is 6.10 Å². The molecule has 1 aromatic rings. The molecule has 1 N–H and O–H groups in total. The lowest BCUT2D eigenvalue weighted by atomic mass is 10.1. The van der Waals surface area contributed by atoms with Gasteiger partial charge in [-0.25, -0.2) is 0 Å². The molecule has 3 heteroatoms. The highest BCUT2D eigenvalue weighted by Crippen LogP contribution is 2.15. The van der Waals surface area contributed by atoms with E-state index < -0.39 is 0 Å². The summed E-state index contributed by atoms with van der Waals surface area (Å²) in [6.07, 6.45) is -0.385. The monoisotopic (exact) mass is 291 g/mol. The quantitative estimate of drug-likeness (QED) is 0.860. The Morgan fingerprint density at radius 2 is 2.15 bits per heavy atom. The van der Waals surface area contributed by atoms with Crippen molar-refractivity contribution in [1.29, 1.82) is 0 Å². The first kappa shape index (κ1) is 10.9. The maximum Gasteiger partial charge on any atom is 0.0917 e. The second-order valence-corrected chi connectivity index (χ2v) is 4.58. The molecule has 1 aromatic carbocycles. The van der Waals surface area contributed by atoms with Crippen LogP contribution in [0, 0.1) is 3.57 Å². The number of hydrogen-bond acceptors (Lipinski definition) is 2. The Bertz CT molecular complexity index is 275. The highest BCUT2D eigenvalue weighted by Gasteiger charge is 2.07. The molecular formula is C10H14INO. The van der Waals surface area contributed by atoms with Gasteiger partial charge in [0, 0.05) is 10.1 Å². The van der Waals surface area contributed by atoms with Crippen LogP contribution in [0.15, 0.2) is 24.3 Å². The highest BCUT2D eigenvalue weighted by atomic mass is 127. The van der Waals surface area contributed by atoms with Gasteiger partial charge < -0.3 is 10.0 Å². The number of aliphatic hydroxyl groups excluding tert-OH is 1. The van der Waals surface area contributed by atoms with Crippen LogP contribution < -0.4 is 0 Å².